The second kappa shape index (κ2) is 6.63. The van der Waals surface area contributed by atoms with E-state index >= 15 is 0 Å². The number of sulfonamides is 1. The molecular weight excluding hydrogens is 328 g/mol. The Kier molecular flexibility index (Phi) is 5.13. The quantitative estimate of drug-likeness (QED) is 0.903. The monoisotopic (exact) mass is 354 g/mol. The summed E-state index contributed by atoms with van der Waals surface area (Å²) in [6, 6.07) is 5.33. The van der Waals surface area contributed by atoms with E-state index in [0.717, 1.165) is 11.1 Å². The number of nitrogens with one attached hydrogen (secondary N) is 1. The fourth-order valence-electron chi connectivity index (χ4n) is 2.77. The highest BCUT2D eigenvalue weighted by atomic mass is 32.2. The Balaban J connectivity index is 2.29. The molecule has 0 fully saturated rings. The minimum atomic E-state index is -3.33. The van der Waals surface area contributed by atoms with Crippen molar-refractivity contribution in [3.8, 4) is 0 Å². The fourth-order valence-corrected chi connectivity index (χ4v) is 3.44. The van der Waals surface area contributed by atoms with Gasteiger partial charge in [-0.1, -0.05) is 12.1 Å². The van der Waals surface area contributed by atoms with Crippen LogP contribution in [0.25, 0.3) is 0 Å². The Morgan fingerprint density at radius 2 is 2.04 bits per heavy atom. The molecule has 1 aliphatic rings. The van der Waals surface area contributed by atoms with E-state index < -0.39 is 15.6 Å². The molecule has 0 saturated heterocycles. The summed E-state index contributed by atoms with van der Waals surface area (Å²) < 4.78 is 31.8. The van der Waals surface area contributed by atoms with Crippen molar-refractivity contribution in [3.05, 3.63) is 29.3 Å². The summed E-state index contributed by atoms with van der Waals surface area (Å²) in [5.41, 5.74) is 1.95. The van der Waals surface area contributed by atoms with Gasteiger partial charge in [0, 0.05) is 6.54 Å². The SMILES string of the molecule is CCS(=O)(=O)Nc1cccc2c1CCN(C(=O)OC(C)(C)C)[C@H]2C. The largest absolute Gasteiger partial charge is 0.444 e. The van der Waals surface area contributed by atoms with Gasteiger partial charge in [0.25, 0.3) is 0 Å². The average molecular weight is 354 g/mol. The zero-order valence-corrected chi connectivity index (χ0v) is 15.7. The van der Waals surface area contributed by atoms with Crippen molar-refractivity contribution < 1.29 is 17.9 Å². The van der Waals surface area contributed by atoms with Gasteiger partial charge < -0.3 is 9.64 Å². The van der Waals surface area contributed by atoms with Crippen LogP contribution in [0.3, 0.4) is 0 Å². The van der Waals surface area contributed by atoms with Crippen LogP contribution in [0.2, 0.25) is 0 Å². The Bertz CT molecular complexity index is 723. The highest BCUT2D eigenvalue weighted by Crippen LogP contribution is 2.34. The Morgan fingerprint density at radius 1 is 1.38 bits per heavy atom. The van der Waals surface area contributed by atoms with Crippen LogP contribution in [0.5, 0.6) is 0 Å². The van der Waals surface area contributed by atoms with Crippen LogP contribution in [0.4, 0.5) is 10.5 Å². The third-order valence-corrected chi connectivity index (χ3v) is 5.30. The van der Waals surface area contributed by atoms with E-state index in [9.17, 15) is 13.2 Å². The molecule has 6 nitrogen and oxygen atoms in total. The first kappa shape index (κ1) is 18.6. The summed E-state index contributed by atoms with van der Waals surface area (Å²) in [7, 11) is -3.33. The third kappa shape index (κ3) is 4.20. The van der Waals surface area contributed by atoms with Crippen LogP contribution in [0, 0.1) is 0 Å². The maximum Gasteiger partial charge on any atom is 0.410 e. The molecule has 0 spiro atoms. The van der Waals surface area contributed by atoms with E-state index in [2.05, 4.69) is 4.72 Å². The molecule has 1 aliphatic heterocycles. The van der Waals surface area contributed by atoms with Crippen molar-refractivity contribution >= 4 is 21.8 Å². The number of amides is 1. The molecule has 1 amide bonds. The van der Waals surface area contributed by atoms with Gasteiger partial charge in [-0.05, 0) is 58.2 Å². The Hall–Kier alpha value is -1.76. The topological polar surface area (TPSA) is 75.7 Å². The number of nitrogens with zero attached hydrogens (tertiary/aromatic N) is 1. The highest BCUT2D eigenvalue weighted by molar-refractivity contribution is 7.92. The molecule has 24 heavy (non-hydrogen) atoms. The lowest BCUT2D eigenvalue weighted by Crippen LogP contribution is -2.42. The van der Waals surface area contributed by atoms with Gasteiger partial charge in [-0.15, -0.1) is 0 Å². The molecule has 1 heterocycles. The van der Waals surface area contributed by atoms with Crippen molar-refractivity contribution in [1.29, 1.82) is 0 Å². The predicted octanol–water partition coefficient (Wildman–Crippen LogP) is 3.30. The van der Waals surface area contributed by atoms with Crippen LogP contribution in [0.1, 0.15) is 51.8 Å². The molecule has 0 unspecified atom stereocenters. The van der Waals surface area contributed by atoms with E-state index in [4.69, 9.17) is 4.74 Å². The van der Waals surface area contributed by atoms with Crippen LogP contribution in [0.15, 0.2) is 18.2 Å². The third-order valence-electron chi connectivity index (χ3n) is 4.01. The molecule has 1 aromatic carbocycles. The lowest BCUT2D eigenvalue weighted by Gasteiger charge is -2.37. The maximum atomic E-state index is 12.4. The number of carbonyl (C=O) groups excluding carboxylic acids is 1. The standard InChI is InChI=1S/C17H26N2O4S/c1-6-24(21,22)18-15-9-7-8-13-12(2)19(11-10-14(13)15)16(20)23-17(3,4)5/h7-9,12,18H,6,10-11H2,1-5H3/t12-/m0/s1. The number of hydrogen-bond donors (Lipinski definition) is 1. The smallest absolute Gasteiger partial charge is 0.410 e. The molecule has 1 aromatic rings. The molecule has 0 aliphatic carbocycles. The van der Waals surface area contributed by atoms with Gasteiger partial charge in [-0.3, -0.25) is 4.72 Å². The van der Waals surface area contributed by atoms with Crippen molar-refractivity contribution in [2.75, 3.05) is 17.0 Å². The average Bonchev–Trinajstić information content (AvgIpc) is 2.46. The molecule has 134 valence electrons. The van der Waals surface area contributed by atoms with E-state index in [1.54, 1.807) is 24.0 Å². The molecule has 0 bridgehead atoms. The number of fused-ring (bicyclic) bond motifs is 1. The molecule has 1 N–H and O–H groups in total. The number of rotatable bonds is 3. The molecular formula is C17H26N2O4S. The lowest BCUT2D eigenvalue weighted by atomic mass is 9.92. The minimum absolute atomic E-state index is 0.0241. The summed E-state index contributed by atoms with van der Waals surface area (Å²) in [6.07, 6.45) is 0.238. The molecule has 0 radical (unpaired) electrons. The lowest BCUT2D eigenvalue weighted by molar-refractivity contribution is 0.0160. The number of carbonyl (C=O) groups is 1. The van der Waals surface area contributed by atoms with Crippen LogP contribution >= 0.6 is 0 Å². The predicted molar refractivity (Wildman–Crippen MR) is 94.6 cm³/mol. The van der Waals surface area contributed by atoms with Crippen molar-refractivity contribution in [2.45, 2.75) is 52.7 Å². The van der Waals surface area contributed by atoms with E-state index in [1.165, 1.54) is 0 Å². The van der Waals surface area contributed by atoms with E-state index in [0.29, 0.717) is 18.7 Å². The Labute approximate surface area is 144 Å². The zero-order chi connectivity index (χ0) is 18.1. The number of anilines is 1. The zero-order valence-electron chi connectivity index (χ0n) is 14.9. The molecule has 0 aromatic heterocycles. The normalized spacial score (nSPS) is 18.0. The van der Waals surface area contributed by atoms with Gasteiger partial charge >= 0.3 is 6.09 Å². The van der Waals surface area contributed by atoms with Crippen molar-refractivity contribution in [1.82, 2.24) is 4.90 Å². The summed E-state index contributed by atoms with van der Waals surface area (Å²) >= 11 is 0. The van der Waals surface area contributed by atoms with Crippen LogP contribution < -0.4 is 4.72 Å². The van der Waals surface area contributed by atoms with Crippen molar-refractivity contribution in [2.24, 2.45) is 0 Å². The summed E-state index contributed by atoms with van der Waals surface area (Å²) in [4.78, 5) is 14.1. The molecule has 2 rings (SSSR count). The number of hydrogen-bond acceptors (Lipinski definition) is 4. The molecule has 1 atom stereocenters. The van der Waals surface area contributed by atoms with E-state index in [-0.39, 0.29) is 17.9 Å². The molecule has 0 saturated carbocycles. The van der Waals surface area contributed by atoms with Gasteiger partial charge in [-0.2, -0.15) is 0 Å². The van der Waals surface area contributed by atoms with Gasteiger partial charge in [0.05, 0.1) is 17.5 Å². The highest BCUT2D eigenvalue weighted by Gasteiger charge is 2.32. The summed E-state index contributed by atoms with van der Waals surface area (Å²) in [5, 5.41) is 0. The second-order valence-corrected chi connectivity index (χ2v) is 8.99. The number of ether oxygens (including phenoxy) is 1. The first-order valence-corrected chi connectivity index (χ1v) is 9.81. The van der Waals surface area contributed by atoms with Crippen LogP contribution in [-0.4, -0.2) is 37.3 Å². The maximum absolute atomic E-state index is 12.4. The fraction of sp³-hybridized carbons (Fsp3) is 0.588. The van der Waals surface area contributed by atoms with Gasteiger partial charge in [0.1, 0.15) is 5.60 Å². The van der Waals surface area contributed by atoms with E-state index in [1.807, 2.05) is 33.8 Å². The number of benzene rings is 1. The van der Waals surface area contributed by atoms with Crippen LogP contribution in [-0.2, 0) is 21.2 Å². The molecule has 7 heteroatoms. The summed E-state index contributed by atoms with van der Waals surface area (Å²) in [6.45, 7) is 9.54. The van der Waals surface area contributed by atoms with Gasteiger partial charge in [-0.25, -0.2) is 13.2 Å². The second-order valence-electron chi connectivity index (χ2n) is 6.98. The first-order chi connectivity index (χ1) is 11.0. The Morgan fingerprint density at radius 3 is 2.62 bits per heavy atom. The van der Waals surface area contributed by atoms with Crippen molar-refractivity contribution in [3.63, 3.8) is 0 Å². The minimum Gasteiger partial charge on any atom is -0.444 e. The summed E-state index contributed by atoms with van der Waals surface area (Å²) in [5.74, 6) is 0.0241. The van der Waals surface area contributed by atoms with Gasteiger partial charge in [0.2, 0.25) is 10.0 Å². The van der Waals surface area contributed by atoms with Gasteiger partial charge in [0.15, 0.2) is 0 Å². The first-order valence-electron chi connectivity index (χ1n) is 8.16.